The summed E-state index contributed by atoms with van der Waals surface area (Å²) in [7, 11) is 0. The molecule has 0 radical (unpaired) electrons. The highest BCUT2D eigenvalue weighted by Crippen LogP contribution is 2.20. The number of β-lactam (4-membered cyclic amide) rings is 1. The van der Waals surface area contributed by atoms with Crippen molar-refractivity contribution in [2.24, 2.45) is 0 Å². The molecule has 10 heavy (non-hydrogen) atoms. The van der Waals surface area contributed by atoms with Crippen molar-refractivity contribution in [1.29, 1.82) is 0 Å². The highest BCUT2D eigenvalue weighted by molar-refractivity contribution is 8.12. The molecule has 1 N–H and O–H groups in total. The van der Waals surface area contributed by atoms with Crippen LogP contribution < -0.4 is 0 Å². The van der Waals surface area contributed by atoms with Crippen LogP contribution in [0.4, 0.5) is 0 Å². The third-order valence-corrected chi connectivity index (χ3v) is 2.09. The Kier molecular flexibility index (Phi) is 2.29. The van der Waals surface area contributed by atoms with Gasteiger partial charge in [-0.15, -0.1) is 0 Å². The minimum Gasteiger partial charge on any atom is -0.388 e. The predicted octanol–water partition coefficient (Wildman–Crippen LogP) is -0.614. The van der Waals surface area contributed by atoms with Gasteiger partial charge in [0.25, 0.3) is 0 Å². The van der Waals surface area contributed by atoms with Gasteiger partial charge in [0.2, 0.25) is 11.0 Å². The zero-order valence-electron chi connectivity index (χ0n) is 5.24. The predicted molar refractivity (Wildman–Crippen MR) is 36.0 cm³/mol. The van der Waals surface area contributed by atoms with E-state index in [2.05, 4.69) is 0 Å². The van der Waals surface area contributed by atoms with Gasteiger partial charge in [-0.1, -0.05) is 0 Å². The van der Waals surface area contributed by atoms with Crippen LogP contribution in [-0.4, -0.2) is 33.6 Å². The maximum atomic E-state index is 10.6. The van der Waals surface area contributed by atoms with Crippen LogP contribution in [0.2, 0.25) is 0 Å². The fraction of sp³-hybridized carbons (Fsp3) is 0.600. The standard InChI is InChI=1S/C5H7NO3S/c7-3-5(9)10-6-2-1-4(6)8/h7H,1-3H2. The molecule has 1 aliphatic rings. The van der Waals surface area contributed by atoms with Gasteiger partial charge >= 0.3 is 0 Å². The molecule has 1 amide bonds. The molecule has 1 heterocycles. The van der Waals surface area contributed by atoms with E-state index in [9.17, 15) is 9.59 Å². The quantitative estimate of drug-likeness (QED) is 0.433. The number of carbonyl (C=O) groups is 2. The smallest absolute Gasteiger partial charge is 0.234 e. The van der Waals surface area contributed by atoms with Gasteiger partial charge in [0, 0.05) is 24.9 Å². The fourth-order valence-electron chi connectivity index (χ4n) is 0.543. The second-order valence-corrected chi connectivity index (χ2v) is 2.95. The van der Waals surface area contributed by atoms with Gasteiger partial charge in [-0.2, -0.15) is 0 Å². The van der Waals surface area contributed by atoms with E-state index in [1.165, 1.54) is 4.31 Å². The molecular formula is C5H7NO3S. The van der Waals surface area contributed by atoms with Gasteiger partial charge in [0.15, 0.2) is 0 Å². The Morgan fingerprint density at radius 1 is 1.80 bits per heavy atom. The first kappa shape index (κ1) is 7.56. The van der Waals surface area contributed by atoms with Crippen molar-refractivity contribution in [2.45, 2.75) is 6.42 Å². The Hall–Kier alpha value is -0.550. The maximum Gasteiger partial charge on any atom is 0.234 e. The average molecular weight is 161 g/mol. The number of carbonyl (C=O) groups excluding carboxylic acids is 2. The molecule has 5 heteroatoms. The molecule has 0 unspecified atom stereocenters. The van der Waals surface area contributed by atoms with Crippen molar-refractivity contribution in [3.63, 3.8) is 0 Å². The third kappa shape index (κ3) is 1.48. The summed E-state index contributed by atoms with van der Waals surface area (Å²) in [6.45, 7) is 0.115. The Morgan fingerprint density at radius 3 is 2.80 bits per heavy atom. The van der Waals surface area contributed by atoms with E-state index in [1.807, 2.05) is 0 Å². The minimum atomic E-state index is -0.506. The lowest BCUT2D eigenvalue weighted by atomic mass is 10.3. The van der Waals surface area contributed by atoms with Gasteiger partial charge in [-0.25, -0.2) is 0 Å². The summed E-state index contributed by atoms with van der Waals surface area (Å²) in [5.74, 6) is -0.0354. The van der Waals surface area contributed by atoms with Crippen molar-refractivity contribution in [3.8, 4) is 0 Å². The van der Waals surface area contributed by atoms with Crippen molar-refractivity contribution in [1.82, 2.24) is 4.31 Å². The largest absolute Gasteiger partial charge is 0.388 e. The normalized spacial score (nSPS) is 16.9. The number of aliphatic hydroxyl groups excluding tert-OH is 1. The lowest BCUT2D eigenvalue weighted by Crippen LogP contribution is -2.38. The van der Waals surface area contributed by atoms with E-state index in [-0.39, 0.29) is 11.0 Å². The second kappa shape index (κ2) is 3.03. The van der Waals surface area contributed by atoms with Crippen LogP contribution in [0.3, 0.4) is 0 Å². The van der Waals surface area contributed by atoms with Crippen LogP contribution in [0, 0.1) is 0 Å². The zero-order valence-corrected chi connectivity index (χ0v) is 6.06. The van der Waals surface area contributed by atoms with E-state index < -0.39 is 6.61 Å². The van der Waals surface area contributed by atoms with Crippen LogP contribution in [0.5, 0.6) is 0 Å². The number of aliphatic hydroxyl groups is 1. The van der Waals surface area contributed by atoms with Crippen LogP contribution in [0.15, 0.2) is 0 Å². The highest BCUT2D eigenvalue weighted by Gasteiger charge is 2.26. The molecule has 1 rings (SSSR count). The number of rotatable bonds is 2. The molecule has 0 bridgehead atoms. The third-order valence-electron chi connectivity index (χ3n) is 1.15. The Morgan fingerprint density at radius 2 is 2.50 bits per heavy atom. The molecule has 0 aliphatic carbocycles. The minimum absolute atomic E-state index is 0.0354. The molecule has 1 saturated heterocycles. The molecule has 0 aromatic rings. The monoisotopic (exact) mass is 161 g/mol. The lowest BCUT2D eigenvalue weighted by molar-refractivity contribution is -0.133. The van der Waals surface area contributed by atoms with E-state index in [4.69, 9.17) is 5.11 Å². The van der Waals surface area contributed by atoms with Crippen LogP contribution in [0.1, 0.15) is 6.42 Å². The van der Waals surface area contributed by atoms with E-state index in [0.29, 0.717) is 13.0 Å². The molecule has 56 valence electrons. The van der Waals surface area contributed by atoms with Gasteiger partial charge in [-0.3, -0.25) is 13.9 Å². The summed E-state index contributed by atoms with van der Waals surface area (Å²) < 4.78 is 1.35. The fourth-order valence-corrected chi connectivity index (χ4v) is 1.22. The number of hydrogen-bond acceptors (Lipinski definition) is 4. The SMILES string of the molecule is O=C(CO)SN1CCC1=O. The molecule has 4 nitrogen and oxygen atoms in total. The molecule has 1 fully saturated rings. The topological polar surface area (TPSA) is 57.6 Å². The van der Waals surface area contributed by atoms with E-state index in [0.717, 1.165) is 11.9 Å². The molecule has 1 aliphatic heterocycles. The molecule has 0 aromatic carbocycles. The van der Waals surface area contributed by atoms with Gasteiger partial charge in [-0.05, 0) is 0 Å². The Bertz CT molecular complexity index is 170. The first-order valence-electron chi connectivity index (χ1n) is 2.86. The Labute approximate surface area is 62.3 Å². The Balaban J connectivity index is 2.25. The number of nitrogens with zero attached hydrogens (tertiary/aromatic N) is 1. The first-order valence-corrected chi connectivity index (χ1v) is 3.63. The summed E-state index contributed by atoms with van der Waals surface area (Å²) in [4.78, 5) is 21.0. The second-order valence-electron chi connectivity index (χ2n) is 1.87. The molecular weight excluding hydrogens is 154 g/mol. The van der Waals surface area contributed by atoms with Crippen molar-refractivity contribution >= 4 is 23.0 Å². The summed E-state index contributed by atoms with van der Waals surface area (Å²) in [5.41, 5.74) is 0. The lowest BCUT2D eigenvalue weighted by Gasteiger charge is -2.27. The van der Waals surface area contributed by atoms with Crippen LogP contribution in [-0.2, 0) is 9.59 Å². The van der Waals surface area contributed by atoms with Crippen LogP contribution in [0.25, 0.3) is 0 Å². The molecule has 0 saturated carbocycles. The summed E-state index contributed by atoms with van der Waals surface area (Å²) in [6.07, 6.45) is 0.520. The average Bonchev–Trinajstić information content (AvgIpc) is 1.96. The van der Waals surface area contributed by atoms with Gasteiger partial charge in [0.1, 0.15) is 6.61 Å². The molecule has 0 atom stereocenters. The van der Waals surface area contributed by atoms with Crippen molar-refractivity contribution < 1.29 is 14.7 Å². The first-order chi connectivity index (χ1) is 4.74. The van der Waals surface area contributed by atoms with E-state index >= 15 is 0 Å². The number of amides is 1. The summed E-state index contributed by atoms with van der Waals surface area (Å²) in [6, 6.07) is 0. The summed E-state index contributed by atoms with van der Waals surface area (Å²) >= 11 is 0.789. The number of hydrogen-bond donors (Lipinski definition) is 1. The van der Waals surface area contributed by atoms with Crippen LogP contribution >= 0.6 is 11.9 Å². The zero-order chi connectivity index (χ0) is 7.56. The van der Waals surface area contributed by atoms with Crippen molar-refractivity contribution in [2.75, 3.05) is 13.2 Å². The molecule has 0 spiro atoms. The van der Waals surface area contributed by atoms with Crippen molar-refractivity contribution in [3.05, 3.63) is 0 Å². The summed E-state index contributed by atoms with van der Waals surface area (Å²) in [5, 5.41) is 7.90. The molecule has 0 aromatic heterocycles. The van der Waals surface area contributed by atoms with E-state index in [1.54, 1.807) is 0 Å². The highest BCUT2D eigenvalue weighted by atomic mass is 32.2. The maximum absolute atomic E-state index is 10.6. The van der Waals surface area contributed by atoms with Gasteiger partial charge < -0.3 is 5.11 Å². The van der Waals surface area contributed by atoms with Gasteiger partial charge in [0.05, 0.1) is 0 Å².